The van der Waals surface area contributed by atoms with Gasteiger partial charge in [0.05, 0.1) is 18.2 Å². The minimum absolute atomic E-state index is 0.0610. The summed E-state index contributed by atoms with van der Waals surface area (Å²) in [5, 5.41) is 9.41. The number of ether oxygens (including phenoxy) is 1. The molecule has 0 spiro atoms. The summed E-state index contributed by atoms with van der Waals surface area (Å²) in [6.07, 6.45) is -0.0610. The van der Waals surface area contributed by atoms with E-state index in [9.17, 15) is 14.7 Å². The number of carboxylic acid groups (broad SMARTS) is 1. The third kappa shape index (κ3) is 3.54. The summed E-state index contributed by atoms with van der Waals surface area (Å²) in [4.78, 5) is 25.4. The molecule has 1 rings (SSSR count). The summed E-state index contributed by atoms with van der Waals surface area (Å²) >= 11 is 0. The first-order chi connectivity index (χ1) is 9.74. The summed E-state index contributed by atoms with van der Waals surface area (Å²) in [5.41, 5.74) is -0.464. The predicted molar refractivity (Wildman–Crippen MR) is 81.6 cm³/mol. The second-order valence-electron chi connectivity index (χ2n) is 5.68. The molecule has 0 radical (unpaired) electrons. The lowest BCUT2D eigenvalue weighted by atomic mass is 9.76. The zero-order valence-corrected chi connectivity index (χ0v) is 13.2. The molecule has 1 aromatic carbocycles. The number of hydrogen-bond acceptors (Lipinski definition) is 3. The summed E-state index contributed by atoms with van der Waals surface area (Å²) in [5.74, 6) is -0.780. The van der Waals surface area contributed by atoms with Crippen LogP contribution >= 0.6 is 0 Å². The van der Waals surface area contributed by atoms with Crippen molar-refractivity contribution in [1.82, 2.24) is 0 Å². The van der Waals surface area contributed by atoms with Crippen molar-refractivity contribution in [2.45, 2.75) is 27.2 Å². The minimum Gasteiger partial charge on any atom is -0.495 e. The van der Waals surface area contributed by atoms with Gasteiger partial charge in [-0.1, -0.05) is 26.0 Å². The molecule has 0 saturated heterocycles. The van der Waals surface area contributed by atoms with Crippen molar-refractivity contribution in [1.29, 1.82) is 0 Å². The Morgan fingerprint density at radius 3 is 2.38 bits per heavy atom. The average Bonchev–Trinajstić information content (AvgIpc) is 2.45. The molecule has 5 heteroatoms. The van der Waals surface area contributed by atoms with Crippen LogP contribution in [0.1, 0.15) is 27.2 Å². The molecule has 0 bridgehead atoms. The van der Waals surface area contributed by atoms with Crippen LogP contribution in [-0.4, -0.2) is 31.1 Å². The Bertz CT molecular complexity index is 527. The Labute approximate surface area is 125 Å². The molecule has 0 fully saturated rings. The van der Waals surface area contributed by atoms with Gasteiger partial charge < -0.3 is 14.7 Å². The van der Waals surface area contributed by atoms with Gasteiger partial charge in [-0.25, -0.2) is 0 Å². The second kappa shape index (κ2) is 6.61. The maximum absolute atomic E-state index is 12.4. The molecule has 116 valence electrons. The number of hydrogen-bond donors (Lipinski definition) is 1. The van der Waals surface area contributed by atoms with Gasteiger partial charge in [-0.3, -0.25) is 9.59 Å². The van der Waals surface area contributed by atoms with Crippen molar-refractivity contribution in [3.05, 3.63) is 24.3 Å². The Balaban J connectivity index is 3.00. The second-order valence-corrected chi connectivity index (χ2v) is 5.68. The smallest absolute Gasteiger partial charge is 0.310 e. The quantitative estimate of drug-likeness (QED) is 0.875. The third-order valence-corrected chi connectivity index (χ3v) is 4.10. The van der Waals surface area contributed by atoms with Gasteiger partial charge >= 0.3 is 5.97 Å². The highest BCUT2D eigenvalue weighted by molar-refractivity contribution is 5.97. The number of nitrogens with zero attached hydrogens (tertiary/aromatic N) is 1. The highest BCUT2D eigenvalue weighted by Crippen LogP contribution is 2.34. The van der Waals surface area contributed by atoms with Crippen LogP contribution in [0.4, 0.5) is 5.69 Å². The molecule has 0 saturated carbocycles. The highest BCUT2D eigenvalue weighted by atomic mass is 16.5. The van der Waals surface area contributed by atoms with Gasteiger partial charge in [0.1, 0.15) is 5.75 Å². The SMILES string of the molecule is COc1ccccc1N(C)C(=O)CC(C)(C(=O)O)C(C)C. The van der Waals surface area contributed by atoms with Crippen LogP contribution in [0, 0.1) is 11.3 Å². The minimum atomic E-state index is -1.09. The molecule has 1 aromatic rings. The average molecular weight is 293 g/mol. The van der Waals surface area contributed by atoms with E-state index in [1.54, 1.807) is 32.2 Å². The van der Waals surface area contributed by atoms with Crippen molar-refractivity contribution in [2.24, 2.45) is 11.3 Å². The summed E-state index contributed by atoms with van der Waals surface area (Å²) < 4.78 is 5.23. The van der Waals surface area contributed by atoms with Gasteiger partial charge in [0.2, 0.25) is 5.91 Å². The number of carbonyl (C=O) groups is 2. The summed E-state index contributed by atoms with van der Waals surface area (Å²) in [6.45, 7) is 5.23. The number of carbonyl (C=O) groups excluding carboxylic acids is 1. The topological polar surface area (TPSA) is 66.8 Å². The van der Waals surface area contributed by atoms with Crippen molar-refractivity contribution in [3.8, 4) is 5.75 Å². The molecule has 0 aliphatic rings. The molecular formula is C16H23NO4. The van der Waals surface area contributed by atoms with E-state index in [2.05, 4.69) is 0 Å². The van der Waals surface area contributed by atoms with E-state index in [-0.39, 0.29) is 18.2 Å². The summed E-state index contributed by atoms with van der Waals surface area (Å²) in [7, 11) is 3.16. The molecule has 0 aliphatic carbocycles. The predicted octanol–water partition coefficient (Wildman–Crippen LogP) is 2.80. The lowest BCUT2D eigenvalue weighted by molar-refractivity contribution is -0.153. The fourth-order valence-electron chi connectivity index (χ4n) is 2.00. The monoisotopic (exact) mass is 293 g/mol. The molecule has 1 N–H and O–H groups in total. The van der Waals surface area contributed by atoms with Crippen LogP contribution in [-0.2, 0) is 9.59 Å². The van der Waals surface area contributed by atoms with Crippen LogP contribution in [0.15, 0.2) is 24.3 Å². The standard InChI is InChI=1S/C16H23NO4/c1-11(2)16(3,15(19)20)10-14(18)17(4)12-8-6-7-9-13(12)21-5/h6-9,11H,10H2,1-5H3,(H,19,20). The Morgan fingerprint density at radius 2 is 1.90 bits per heavy atom. The van der Waals surface area contributed by atoms with Crippen molar-refractivity contribution < 1.29 is 19.4 Å². The maximum atomic E-state index is 12.4. The van der Waals surface area contributed by atoms with E-state index in [0.29, 0.717) is 11.4 Å². The van der Waals surface area contributed by atoms with Crippen LogP contribution in [0.2, 0.25) is 0 Å². The van der Waals surface area contributed by atoms with Gasteiger partial charge in [-0.05, 0) is 25.0 Å². The van der Waals surface area contributed by atoms with Gasteiger partial charge in [0.15, 0.2) is 0 Å². The number of rotatable bonds is 6. The number of carboxylic acids is 1. The molecule has 0 heterocycles. The van der Waals surface area contributed by atoms with Gasteiger partial charge in [-0.15, -0.1) is 0 Å². The van der Waals surface area contributed by atoms with Crippen molar-refractivity contribution in [2.75, 3.05) is 19.1 Å². The highest BCUT2D eigenvalue weighted by Gasteiger charge is 2.39. The number of amides is 1. The Hall–Kier alpha value is -2.04. The maximum Gasteiger partial charge on any atom is 0.310 e. The van der Waals surface area contributed by atoms with Crippen LogP contribution in [0.25, 0.3) is 0 Å². The number of aliphatic carboxylic acids is 1. The lowest BCUT2D eigenvalue weighted by Gasteiger charge is -2.30. The van der Waals surface area contributed by atoms with Gasteiger partial charge in [-0.2, -0.15) is 0 Å². The Morgan fingerprint density at radius 1 is 1.33 bits per heavy atom. The first-order valence-corrected chi connectivity index (χ1v) is 6.87. The largest absolute Gasteiger partial charge is 0.495 e. The Kier molecular flexibility index (Phi) is 5.35. The van der Waals surface area contributed by atoms with E-state index < -0.39 is 11.4 Å². The molecule has 21 heavy (non-hydrogen) atoms. The lowest BCUT2D eigenvalue weighted by Crippen LogP contribution is -2.40. The molecule has 0 aromatic heterocycles. The van der Waals surface area contributed by atoms with E-state index in [1.165, 1.54) is 12.0 Å². The normalized spacial score (nSPS) is 13.6. The molecule has 5 nitrogen and oxygen atoms in total. The fraction of sp³-hybridized carbons (Fsp3) is 0.500. The number of anilines is 1. The molecular weight excluding hydrogens is 270 g/mol. The zero-order valence-electron chi connectivity index (χ0n) is 13.2. The third-order valence-electron chi connectivity index (χ3n) is 4.10. The van der Waals surface area contributed by atoms with E-state index in [4.69, 9.17) is 4.74 Å². The molecule has 1 amide bonds. The van der Waals surface area contributed by atoms with Gasteiger partial charge in [0.25, 0.3) is 0 Å². The van der Waals surface area contributed by atoms with Crippen LogP contribution in [0.5, 0.6) is 5.75 Å². The van der Waals surface area contributed by atoms with E-state index >= 15 is 0 Å². The van der Waals surface area contributed by atoms with Crippen molar-refractivity contribution >= 4 is 17.6 Å². The van der Waals surface area contributed by atoms with E-state index in [1.807, 2.05) is 19.9 Å². The molecule has 1 unspecified atom stereocenters. The van der Waals surface area contributed by atoms with E-state index in [0.717, 1.165) is 0 Å². The van der Waals surface area contributed by atoms with Crippen LogP contribution in [0.3, 0.4) is 0 Å². The fourth-order valence-corrected chi connectivity index (χ4v) is 2.00. The molecule has 1 atom stereocenters. The van der Waals surface area contributed by atoms with Crippen LogP contribution < -0.4 is 9.64 Å². The number of methoxy groups -OCH3 is 1. The zero-order chi connectivity index (χ0) is 16.2. The number of para-hydroxylation sites is 2. The first kappa shape index (κ1) is 17.0. The first-order valence-electron chi connectivity index (χ1n) is 6.87. The van der Waals surface area contributed by atoms with Gasteiger partial charge in [0, 0.05) is 13.5 Å². The number of benzene rings is 1. The molecule has 0 aliphatic heterocycles. The summed E-state index contributed by atoms with van der Waals surface area (Å²) in [6, 6.07) is 7.15. The van der Waals surface area contributed by atoms with Crippen molar-refractivity contribution in [3.63, 3.8) is 0 Å².